The molecule has 0 spiro atoms. The van der Waals surface area contributed by atoms with Gasteiger partial charge in [0.2, 0.25) is 0 Å². The number of benzene rings is 1. The lowest BCUT2D eigenvalue weighted by molar-refractivity contribution is 0.430. The average Bonchev–Trinajstić information content (AvgIpc) is 2.66. The van der Waals surface area contributed by atoms with Gasteiger partial charge in [0.1, 0.15) is 0 Å². The van der Waals surface area contributed by atoms with E-state index < -0.39 is 0 Å². The van der Waals surface area contributed by atoms with Crippen LogP contribution in [0.3, 0.4) is 0 Å². The first kappa shape index (κ1) is 10.5. The predicted octanol–water partition coefficient (Wildman–Crippen LogP) is 1.69. The largest absolute Gasteiger partial charge is 0.399 e. The molecule has 0 unspecified atom stereocenters. The molecule has 2 N–H and O–H groups in total. The highest BCUT2D eigenvalue weighted by Crippen LogP contribution is 2.24. The Hall–Kier alpha value is -2.04. The Morgan fingerprint density at radius 2 is 2.06 bits per heavy atom. The second-order valence-electron chi connectivity index (χ2n) is 3.87. The molecule has 1 heterocycles. The lowest BCUT2D eigenvalue weighted by Gasteiger charge is -2.03. The van der Waals surface area contributed by atoms with E-state index in [2.05, 4.69) is 10.1 Å². The van der Waals surface area contributed by atoms with E-state index in [4.69, 9.17) is 10.3 Å². The summed E-state index contributed by atoms with van der Waals surface area (Å²) in [6.45, 7) is 1.96. The summed E-state index contributed by atoms with van der Waals surface area (Å²) in [6, 6.07) is 5.59. The van der Waals surface area contributed by atoms with Crippen LogP contribution in [0.25, 0.3) is 11.5 Å². The van der Waals surface area contributed by atoms with Gasteiger partial charge in [-0.05, 0) is 35.8 Å². The van der Waals surface area contributed by atoms with E-state index in [-0.39, 0.29) is 0 Å². The standard InChI is InChI=1S/C11H14N4O/c1-7-6-8(12)4-5-9(7)10-13-11(14-16-10)15(2)3/h4-6H,12H2,1-3H3. The van der Waals surface area contributed by atoms with E-state index in [1.54, 1.807) is 4.90 Å². The van der Waals surface area contributed by atoms with E-state index in [0.29, 0.717) is 11.8 Å². The maximum Gasteiger partial charge on any atom is 0.265 e. The van der Waals surface area contributed by atoms with Crippen LogP contribution in [0.2, 0.25) is 0 Å². The first-order chi connectivity index (χ1) is 7.58. The second-order valence-corrected chi connectivity index (χ2v) is 3.87. The average molecular weight is 218 g/mol. The fraction of sp³-hybridized carbons (Fsp3) is 0.273. The summed E-state index contributed by atoms with van der Waals surface area (Å²) in [6.07, 6.45) is 0. The molecule has 0 aliphatic carbocycles. The van der Waals surface area contributed by atoms with Crippen molar-refractivity contribution in [2.75, 3.05) is 24.7 Å². The maximum absolute atomic E-state index is 5.68. The van der Waals surface area contributed by atoms with Crippen molar-refractivity contribution in [3.63, 3.8) is 0 Å². The molecule has 16 heavy (non-hydrogen) atoms. The number of hydrogen-bond acceptors (Lipinski definition) is 5. The molecule has 1 aromatic carbocycles. The Balaban J connectivity index is 2.42. The number of nitrogen functional groups attached to an aromatic ring is 1. The van der Waals surface area contributed by atoms with E-state index >= 15 is 0 Å². The molecule has 2 aromatic rings. The van der Waals surface area contributed by atoms with Gasteiger partial charge in [-0.2, -0.15) is 4.98 Å². The van der Waals surface area contributed by atoms with Crippen LogP contribution in [0.4, 0.5) is 11.6 Å². The Labute approximate surface area is 93.9 Å². The monoisotopic (exact) mass is 218 g/mol. The zero-order valence-electron chi connectivity index (χ0n) is 9.56. The quantitative estimate of drug-likeness (QED) is 0.777. The molecule has 0 saturated carbocycles. The molecule has 5 nitrogen and oxygen atoms in total. The van der Waals surface area contributed by atoms with Crippen LogP contribution in [0.5, 0.6) is 0 Å². The van der Waals surface area contributed by atoms with Crippen molar-refractivity contribution in [3.8, 4) is 11.5 Å². The summed E-state index contributed by atoms with van der Waals surface area (Å²) in [4.78, 5) is 6.07. The first-order valence-electron chi connectivity index (χ1n) is 4.95. The number of rotatable bonds is 2. The minimum absolute atomic E-state index is 0.515. The van der Waals surface area contributed by atoms with Crippen LogP contribution < -0.4 is 10.6 Å². The number of aryl methyl sites for hydroxylation is 1. The fourth-order valence-corrected chi connectivity index (χ4v) is 1.43. The summed E-state index contributed by atoms with van der Waals surface area (Å²) >= 11 is 0. The zero-order chi connectivity index (χ0) is 11.7. The highest BCUT2D eigenvalue weighted by molar-refractivity contribution is 5.63. The molecule has 0 amide bonds. The van der Waals surface area contributed by atoms with E-state index in [1.807, 2.05) is 39.2 Å². The smallest absolute Gasteiger partial charge is 0.265 e. The third-order valence-corrected chi connectivity index (χ3v) is 2.30. The Morgan fingerprint density at radius 1 is 1.31 bits per heavy atom. The maximum atomic E-state index is 5.68. The first-order valence-corrected chi connectivity index (χ1v) is 4.95. The highest BCUT2D eigenvalue weighted by Gasteiger charge is 2.11. The van der Waals surface area contributed by atoms with Crippen molar-refractivity contribution in [3.05, 3.63) is 23.8 Å². The fourth-order valence-electron chi connectivity index (χ4n) is 1.43. The van der Waals surface area contributed by atoms with E-state index in [1.165, 1.54) is 0 Å². The van der Waals surface area contributed by atoms with Crippen molar-refractivity contribution >= 4 is 11.6 Å². The van der Waals surface area contributed by atoms with Crippen LogP contribution >= 0.6 is 0 Å². The summed E-state index contributed by atoms with van der Waals surface area (Å²) in [5.74, 6) is 1.08. The summed E-state index contributed by atoms with van der Waals surface area (Å²) < 4.78 is 5.19. The van der Waals surface area contributed by atoms with Crippen molar-refractivity contribution in [1.29, 1.82) is 0 Å². The number of nitrogens with zero attached hydrogens (tertiary/aromatic N) is 3. The summed E-state index contributed by atoms with van der Waals surface area (Å²) in [5, 5.41) is 3.86. The normalized spacial score (nSPS) is 10.4. The van der Waals surface area contributed by atoms with Crippen molar-refractivity contribution in [2.45, 2.75) is 6.92 Å². The van der Waals surface area contributed by atoms with Gasteiger partial charge in [-0.25, -0.2) is 0 Å². The molecule has 0 aliphatic rings. The van der Waals surface area contributed by atoms with E-state index in [0.717, 1.165) is 16.8 Å². The molecular formula is C11H14N4O. The van der Waals surface area contributed by atoms with Gasteiger partial charge >= 0.3 is 0 Å². The van der Waals surface area contributed by atoms with Crippen molar-refractivity contribution in [1.82, 2.24) is 10.1 Å². The summed E-state index contributed by atoms with van der Waals surface area (Å²) in [5.41, 5.74) is 8.35. The molecule has 0 radical (unpaired) electrons. The lowest BCUT2D eigenvalue weighted by atomic mass is 10.1. The SMILES string of the molecule is Cc1cc(N)ccc1-c1nc(N(C)C)no1. The van der Waals surface area contributed by atoms with Crippen molar-refractivity contribution < 1.29 is 4.52 Å². The molecule has 0 bridgehead atoms. The number of hydrogen-bond donors (Lipinski definition) is 1. The van der Waals surface area contributed by atoms with Gasteiger partial charge in [-0.15, -0.1) is 0 Å². The van der Waals surface area contributed by atoms with Crippen LogP contribution in [-0.4, -0.2) is 24.2 Å². The van der Waals surface area contributed by atoms with Crippen molar-refractivity contribution in [2.24, 2.45) is 0 Å². The van der Waals surface area contributed by atoms with Crippen LogP contribution in [0.1, 0.15) is 5.56 Å². The summed E-state index contributed by atoms with van der Waals surface area (Å²) in [7, 11) is 3.73. The molecule has 84 valence electrons. The second kappa shape index (κ2) is 3.84. The van der Waals surface area contributed by atoms with Gasteiger partial charge in [-0.3, -0.25) is 0 Å². The Morgan fingerprint density at radius 3 is 2.62 bits per heavy atom. The van der Waals surface area contributed by atoms with Crippen LogP contribution in [0.15, 0.2) is 22.7 Å². The van der Waals surface area contributed by atoms with Crippen LogP contribution in [-0.2, 0) is 0 Å². The lowest BCUT2D eigenvalue weighted by Crippen LogP contribution is -2.10. The minimum Gasteiger partial charge on any atom is -0.399 e. The predicted molar refractivity (Wildman–Crippen MR) is 63.2 cm³/mol. The van der Waals surface area contributed by atoms with Gasteiger partial charge in [0.15, 0.2) is 0 Å². The molecule has 0 saturated heterocycles. The van der Waals surface area contributed by atoms with Gasteiger partial charge in [0, 0.05) is 25.3 Å². The topological polar surface area (TPSA) is 68.2 Å². The number of anilines is 2. The molecule has 0 atom stereocenters. The number of aromatic nitrogens is 2. The molecule has 5 heteroatoms. The Kier molecular flexibility index (Phi) is 2.52. The van der Waals surface area contributed by atoms with Gasteiger partial charge in [-0.1, -0.05) is 0 Å². The highest BCUT2D eigenvalue weighted by atomic mass is 16.5. The molecular weight excluding hydrogens is 204 g/mol. The van der Waals surface area contributed by atoms with E-state index in [9.17, 15) is 0 Å². The molecule has 1 aromatic heterocycles. The molecule has 0 fully saturated rings. The Bertz CT molecular complexity index is 504. The third-order valence-electron chi connectivity index (χ3n) is 2.30. The molecule has 2 rings (SSSR count). The van der Waals surface area contributed by atoms with Gasteiger partial charge in [0.05, 0.1) is 0 Å². The third kappa shape index (κ3) is 1.84. The number of nitrogens with two attached hydrogens (primary N) is 1. The van der Waals surface area contributed by atoms with Gasteiger partial charge < -0.3 is 15.2 Å². The van der Waals surface area contributed by atoms with Crippen LogP contribution in [0, 0.1) is 6.92 Å². The molecule has 0 aliphatic heterocycles. The van der Waals surface area contributed by atoms with Gasteiger partial charge in [0.25, 0.3) is 11.8 Å². The minimum atomic E-state index is 0.515. The zero-order valence-corrected chi connectivity index (χ0v) is 9.56.